The van der Waals surface area contributed by atoms with Crippen LogP contribution in [0.5, 0.6) is 0 Å². The van der Waals surface area contributed by atoms with E-state index in [2.05, 4.69) is 9.88 Å². The first-order valence-electron chi connectivity index (χ1n) is 6.54. The second kappa shape index (κ2) is 6.34. The van der Waals surface area contributed by atoms with E-state index < -0.39 is 0 Å². The lowest BCUT2D eigenvalue weighted by Gasteiger charge is -2.14. The zero-order valence-electron chi connectivity index (χ0n) is 11.6. The highest BCUT2D eigenvalue weighted by Gasteiger charge is 2.26. The van der Waals surface area contributed by atoms with Gasteiger partial charge in [0.2, 0.25) is 0 Å². The van der Waals surface area contributed by atoms with Crippen LogP contribution in [0.25, 0.3) is 0 Å². The number of aromatic nitrogens is 1. The van der Waals surface area contributed by atoms with Gasteiger partial charge in [0.15, 0.2) is 10.8 Å². The van der Waals surface area contributed by atoms with Gasteiger partial charge >= 0.3 is 5.97 Å². The van der Waals surface area contributed by atoms with Crippen molar-refractivity contribution in [2.24, 2.45) is 5.92 Å². The Morgan fingerprint density at radius 2 is 2.37 bits per heavy atom. The fraction of sp³-hybridized carbons (Fsp3) is 0.692. The minimum atomic E-state index is -0.324. The van der Waals surface area contributed by atoms with E-state index in [0.717, 1.165) is 36.1 Å². The number of ether oxygens (including phenoxy) is 2. The van der Waals surface area contributed by atoms with Crippen molar-refractivity contribution in [2.45, 2.75) is 20.3 Å². The van der Waals surface area contributed by atoms with Gasteiger partial charge in [0.05, 0.1) is 13.2 Å². The topological polar surface area (TPSA) is 51.7 Å². The predicted molar refractivity (Wildman–Crippen MR) is 75.0 cm³/mol. The van der Waals surface area contributed by atoms with Gasteiger partial charge in [-0.1, -0.05) is 0 Å². The standard InChI is InChI=1S/C13H20N2O3S/c1-4-18-12(16)11-9(2)19-13(14-11)15-6-5-10(7-15)8-17-3/h10H,4-8H2,1-3H3. The quantitative estimate of drug-likeness (QED) is 0.775. The molecule has 0 N–H and O–H groups in total. The second-order valence-corrected chi connectivity index (χ2v) is 5.86. The number of carbonyl (C=O) groups is 1. The number of hydrogen-bond acceptors (Lipinski definition) is 6. The average molecular weight is 284 g/mol. The number of esters is 1. The molecule has 0 radical (unpaired) electrons. The summed E-state index contributed by atoms with van der Waals surface area (Å²) in [5.41, 5.74) is 0.456. The lowest BCUT2D eigenvalue weighted by atomic mass is 10.1. The molecule has 0 aliphatic carbocycles. The third kappa shape index (κ3) is 3.25. The van der Waals surface area contributed by atoms with Crippen molar-refractivity contribution in [3.63, 3.8) is 0 Å². The maximum atomic E-state index is 11.7. The largest absolute Gasteiger partial charge is 0.461 e. The summed E-state index contributed by atoms with van der Waals surface area (Å²) in [6.07, 6.45) is 1.11. The Morgan fingerprint density at radius 3 is 3.05 bits per heavy atom. The number of thiazole rings is 1. The minimum absolute atomic E-state index is 0.324. The van der Waals surface area contributed by atoms with Crippen LogP contribution in [-0.4, -0.2) is 44.4 Å². The van der Waals surface area contributed by atoms with E-state index in [1.807, 2.05) is 6.92 Å². The summed E-state index contributed by atoms with van der Waals surface area (Å²) in [4.78, 5) is 19.3. The Kier molecular flexibility index (Phi) is 4.76. The smallest absolute Gasteiger partial charge is 0.358 e. The van der Waals surface area contributed by atoms with E-state index in [9.17, 15) is 4.79 Å². The predicted octanol–water partition coefficient (Wildman–Crippen LogP) is 2.10. The Labute approximate surface area is 117 Å². The third-order valence-corrected chi connectivity index (χ3v) is 4.24. The maximum absolute atomic E-state index is 11.7. The highest BCUT2D eigenvalue weighted by molar-refractivity contribution is 7.15. The van der Waals surface area contributed by atoms with Crippen molar-refractivity contribution in [2.75, 3.05) is 38.3 Å². The van der Waals surface area contributed by atoms with Crippen LogP contribution >= 0.6 is 11.3 Å². The van der Waals surface area contributed by atoms with E-state index in [-0.39, 0.29) is 5.97 Å². The molecular weight excluding hydrogens is 264 g/mol. The van der Waals surface area contributed by atoms with Crippen LogP contribution in [0.1, 0.15) is 28.7 Å². The van der Waals surface area contributed by atoms with Crippen molar-refractivity contribution in [3.05, 3.63) is 10.6 Å². The summed E-state index contributed by atoms with van der Waals surface area (Å²) >= 11 is 1.56. The van der Waals surface area contributed by atoms with Crippen LogP contribution in [0.15, 0.2) is 0 Å². The molecule has 1 aliphatic rings. The summed E-state index contributed by atoms with van der Waals surface area (Å²) in [6.45, 7) is 6.80. The number of methoxy groups -OCH3 is 1. The van der Waals surface area contributed by atoms with E-state index >= 15 is 0 Å². The number of nitrogens with zero attached hydrogens (tertiary/aromatic N) is 2. The molecule has 0 bridgehead atoms. The van der Waals surface area contributed by atoms with Crippen LogP contribution in [0.3, 0.4) is 0 Å². The lowest BCUT2D eigenvalue weighted by molar-refractivity contribution is 0.0519. The zero-order chi connectivity index (χ0) is 13.8. The van der Waals surface area contributed by atoms with Crippen LogP contribution < -0.4 is 4.90 Å². The second-order valence-electron chi connectivity index (χ2n) is 4.68. The highest BCUT2D eigenvalue weighted by Crippen LogP contribution is 2.30. The molecule has 0 aromatic carbocycles. The Balaban J connectivity index is 2.06. The summed E-state index contributed by atoms with van der Waals surface area (Å²) in [5.74, 6) is 0.232. The Bertz CT molecular complexity index is 447. The van der Waals surface area contributed by atoms with E-state index in [0.29, 0.717) is 18.2 Å². The average Bonchev–Trinajstić information content (AvgIpc) is 2.96. The van der Waals surface area contributed by atoms with Crippen molar-refractivity contribution in [1.82, 2.24) is 4.98 Å². The molecule has 1 saturated heterocycles. The molecule has 1 aromatic rings. The lowest BCUT2D eigenvalue weighted by Crippen LogP contribution is -2.21. The molecule has 19 heavy (non-hydrogen) atoms. The Morgan fingerprint density at radius 1 is 1.58 bits per heavy atom. The van der Waals surface area contributed by atoms with Gasteiger partial charge in [0.25, 0.3) is 0 Å². The fourth-order valence-corrected chi connectivity index (χ4v) is 3.22. The van der Waals surface area contributed by atoms with Crippen LogP contribution in [0.4, 0.5) is 5.13 Å². The van der Waals surface area contributed by atoms with Gasteiger partial charge < -0.3 is 14.4 Å². The fourth-order valence-electron chi connectivity index (χ4n) is 2.28. The van der Waals surface area contributed by atoms with Crippen molar-refractivity contribution >= 4 is 22.4 Å². The molecule has 1 aromatic heterocycles. The van der Waals surface area contributed by atoms with Gasteiger partial charge in [-0.2, -0.15) is 0 Å². The molecule has 2 heterocycles. The highest BCUT2D eigenvalue weighted by atomic mass is 32.1. The number of hydrogen-bond donors (Lipinski definition) is 0. The molecule has 1 unspecified atom stereocenters. The summed E-state index contributed by atoms with van der Waals surface area (Å²) in [7, 11) is 1.73. The number of aryl methyl sites for hydroxylation is 1. The van der Waals surface area contributed by atoms with Gasteiger partial charge in [-0.05, 0) is 20.3 Å². The molecule has 1 aliphatic heterocycles. The normalized spacial score (nSPS) is 18.9. The first-order valence-corrected chi connectivity index (χ1v) is 7.35. The molecule has 5 nitrogen and oxygen atoms in total. The molecule has 1 fully saturated rings. The molecule has 1 atom stereocenters. The summed E-state index contributed by atoms with van der Waals surface area (Å²) in [5, 5.41) is 0.916. The number of rotatable bonds is 5. The monoisotopic (exact) mass is 284 g/mol. The van der Waals surface area contributed by atoms with Gasteiger partial charge in [-0.25, -0.2) is 9.78 Å². The summed E-state index contributed by atoms with van der Waals surface area (Å²) in [6, 6.07) is 0. The minimum Gasteiger partial charge on any atom is -0.461 e. The first-order chi connectivity index (χ1) is 9.15. The maximum Gasteiger partial charge on any atom is 0.358 e. The molecular formula is C13H20N2O3S. The van der Waals surface area contributed by atoms with Crippen molar-refractivity contribution in [1.29, 1.82) is 0 Å². The van der Waals surface area contributed by atoms with Gasteiger partial charge in [0, 0.05) is 31.0 Å². The third-order valence-electron chi connectivity index (χ3n) is 3.21. The van der Waals surface area contributed by atoms with Crippen molar-refractivity contribution in [3.8, 4) is 0 Å². The van der Waals surface area contributed by atoms with Gasteiger partial charge in [0.1, 0.15) is 0 Å². The first kappa shape index (κ1) is 14.3. The van der Waals surface area contributed by atoms with Crippen LogP contribution in [0.2, 0.25) is 0 Å². The van der Waals surface area contributed by atoms with E-state index in [4.69, 9.17) is 9.47 Å². The molecule has 2 rings (SSSR count). The van der Waals surface area contributed by atoms with Crippen LogP contribution in [-0.2, 0) is 9.47 Å². The SMILES string of the molecule is CCOC(=O)c1nc(N2CCC(COC)C2)sc1C. The van der Waals surface area contributed by atoms with Crippen LogP contribution in [0, 0.1) is 12.8 Å². The number of carbonyl (C=O) groups excluding carboxylic acids is 1. The van der Waals surface area contributed by atoms with E-state index in [1.54, 1.807) is 25.4 Å². The molecule has 0 spiro atoms. The van der Waals surface area contributed by atoms with Crippen molar-refractivity contribution < 1.29 is 14.3 Å². The Hall–Kier alpha value is -1.14. The summed E-state index contributed by atoms with van der Waals surface area (Å²) < 4.78 is 10.2. The number of anilines is 1. The molecule has 6 heteroatoms. The molecule has 0 amide bonds. The van der Waals surface area contributed by atoms with Gasteiger partial charge in [-0.15, -0.1) is 11.3 Å². The molecule has 106 valence electrons. The molecule has 0 saturated carbocycles. The van der Waals surface area contributed by atoms with Gasteiger partial charge in [-0.3, -0.25) is 0 Å². The van der Waals surface area contributed by atoms with E-state index in [1.165, 1.54) is 0 Å². The zero-order valence-corrected chi connectivity index (χ0v) is 12.5.